The lowest BCUT2D eigenvalue weighted by Crippen LogP contribution is -2.45. The number of amides is 2. The lowest BCUT2D eigenvalue weighted by Gasteiger charge is -2.28. The SMILES string of the molecule is CC1C(C(=O)O)CCN1C(=O)C(NC(=O)c1ccccc1)c1ccccc1. The van der Waals surface area contributed by atoms with E-state index in [0.717, 1.165) is 0 Å². The van der Waals surface area contributed by atoms with E-state index in [-0.39, 0.29) is 11.8 Å². The first-order valence-corrected chi connectivity index (χ1v) is 8.93. The molecule has 0 aromatic heterocycles. The van der Waals surface area contributed by atoms with Crippen molar-refractivity contribution in [3.63, 3.8) is 0 Å². The van der Waals surface area contributed by atoms with Gasteiger partial charge in [-0.25, -0.2) is 0 Å². The highest BCUT2D eigenvalue weighted by molar-refractivity contribution is 5.98. The van der Waals surface area contributed by atoms with Gasteiger partial charge in [-0.1, -0.05) is 48.5 Å². The van der Waals surface area contributed by atoms with Gasteiger partial charge in [0.1, 0.15) is 6.04 Å². The molecule has 27 heavy (non-hydrogen) atoms. The lowest BCUT2D eigenvalue weighted by atomic mass is 10.0. The minimum atomic E-state index is -0.901. The summed E-state index contributed by atoms with van der Waals surface area (Å²) in [6.45, 7) is 2.10. The van der Waals surface area contributed by atoms with Gasteiger partial charge < -0.3 is 15.3 Å². The number of hydrogen-bond donors (Lipinski definition) is 2. The van der Waals surface area contributed by atoms with Crippen LogP contribution in [0.3, 0.4) is 0 Å². The standard InChI is InChI=1S/C21H22N2O4/c1-14-17(21(26)27)12-13-23(14)20(25)18(15-8-4-2-5-9-15)22-19(24)16-10-6-3-7-11-16/h2-11,14,17-18H,12-13H2,1H3,(H,22,24)(H,26,27). The van der Waals surface area contributed by atoms with Crippen molar-refractivity contribution in [1.82, 2.24) is 10.2 Å². The average Bonchev–Trinajstić information content (AvgIpc) is 3.08. The number of benzene rings is 2. The molecule has 2 N–H and O–H groups in total. The van der Waals surface area contributed by atoms with E-state index >= 15 is 0 Å². The van der Waals surface area contributed by atoms with Crippen LogP contribution in [0.1, 0.15) is 35.3 Å². The Morgan fingerprint density at radius 1 is 1.04 bits per heavy atom. The van der Waals surface area contributed by atoms with Gasteiger partial charge in [0.15, 0.2) is 0 Å². The maximum atomic E-state index is 13.2. The molecule has 0 saturated carbocycles. The topological polar surface area (TPSA) is 86.7 Å². The third-order valence-corrected chi connectivity index (χ3v) is 5.05. The molecule has 0 radical (unpaired) electrons. The van der Waals surface area contributed by atoms with Crippen molar-refractivity contribution in [2.75, 3.05) is 6.54 Å². The summed E-state index contributed by atoms with van der Waals surface area (Å²) in [6, 6.07) is 16.4. The van der Waals surface area contributed by atoms with Crippen molar-refractivity contribution in [2.24, 2.45) is 5.92 Å². The first-order chi connectivity index (χ1) is 13.0. The van der Waals surface area contributed by atoms with E-state index in [1.807, 2.05) is 12.1 Å². The highest BCUT2D eigenvalue weighted by atomic mass is 16.4. The fourth-order valence-corrected chi connectivity index (χ4v) is 3.48. The maximum absolute atomic E-state index is 13.2. The number of carboxylic acid groups (broad SMARTS) is 1. The lowest BCUT2D eigenvalue weighted by molar-refractivity contribution is -0.143. The van der Waals surface area contributed by atoms with Crippen LogP contribution >= 0.6 is 0 Å². The van der Waals surface area contributed by atoms with Crippen LogP contribution in [0.5, 0.6) is 0 Å². The molecule has 2 amide bonds. The van der Waals surface area contributed by atoms with Crippen LogP contribution in [0.4, 0.5) is 0 Å². The second-order valence-electron chi connectivity index (χ2n) is 6.69. The number of nitrogens with one attached hydrogen (secondary N) is 1. The minimum Gasteiger partial charge on any atom is -0.481 e. The molecule has 3 atom stereocenters. The van der Waals surface area contributed by atoms with Gasteiger partial charge in [-0.15, -0.1) is 0 Å². The molecule has 6 nitrogen and oxygen atoms in total. The van der Waals surface area contributed by atoms with Crippen LogP contribution in [0.2, 0.25) is 0 Å². The third kappa shape index (κ3) is 4.00. The average molecular weight is 366 g/mol. The molecular formula is C21H22N2O4. The zero-order valence-electron chi connectivity index (χ0n) is 15.0. The molecule has 140 valence electrons. The van der Waals surface area contributed by atoms with Crippen molar-refractivity contribution < 1.29 is 19.5 Å². The Kier molecular flexibility index (Phi) is 5.54. The molecule has 3 unspecified atom stereocenters. The molecule has 3 rings (SSSR count). The normalized spacial score (nSPS) is 20.1. The van der Waals surface area contributed by atoms with Gasteiger partial charge in [0.05, 0.1) is 5.92 Å². The zero-order chi connectivity index (χ0) is 19.4. The summed E-state index contributed by atoms with van der Waals surface area (Å²) >= 11 is 0. The van der Waals surface area contributed by atoms with E-state index < -0.39 is 24.0 Å². The number of carboxylic acids is 1. The van der Waals surface area contributed by atoms with Gasteiger partial charge in [-0.3, -0.25) is 14.4 Å². The molecule has 1 aliphatic rings. The van der Waals surface area contributed by atoms with Crippen LogP contribution in [-0.4, -0.2) is 40.4 Å². The van der Waals surface area contributed by atoms with Crippen LogP contribution in [0.15, 0.2) is 60.7 Å². The molecule has 2 aromatic carbocycles. The molecule has 6 heteroatoms. The molecule has 0 spiro atoms. The molecule has 1 aliphatic heterocycles. The van der Waals surface area contributed by atoms with Gasteiger partial charge in [0.2, 0.25) is 5.91 Å². The third-order valence-electron chi connectivity index (χ3n) is 5.05. The Balaban J connectivity index is 1.86. The minimum absolute atomic E-state index is 0.290. The molecule has 1 heterocycles. The number of carbonyl (C=O) groups excluding carboxylic acids is 2. The number of aliphatic carboxylic acids is 1. The van der Waals surface area contributed by atoms with E-state index in [0.29, 0.717) is 24.1 Å². The summed E-state index contributed by atoms with van der Waals surface area (Å²) in [5.41, 5.74) is 1.13. The number of likely N-dealkylation sites (tertiary alicyclic amines) is 1. The Labute approximate surface area is 157 Å². The summed E-state index contributed by atoms with van der Waals surface area (Å²) in [6.07, 6.45) is 0.413. The van der Waals surface area contributed by atoms with Gasteiger partial charge in [-0.2, -0.15) is 0 Å². The Morgan fingerprint density at radius 2 is 1.63 bits per heavy atom. The van der Waals surface area contributed by atoms with E-state index in [1.54, 1.807) is 60.4 Å². The van der Waals surface area contributed by atoms with Gasteiger partial charge in [0, 0.05) is 18.2 Å². The van der Waals surface area contributed by atoms with Gasteiger partial charge in [0.25, 0.3) is 5.91 Å². The molecule has 0 aliphatic carbocycles. The van der Waals surface area contributed by atoms with Crippen molar-refractivity contribution in [3.8, 4) is 0 Å². The van der Waals surface area contributed by atoms with Gasteiger partial charge >= 0.3 is 5.97 Å². The van der Waals surface area contributed by atoms with Crippen LogP contribution in [-0.2, 0) is 9.59 Å². The summed E-state index contributed by atoms with van der Waals surface area (Å²) in [4.78, 5) is 38.8. The van der Waals surface area contributed by atoms with E-state index in [2.05, 4.69) is 5.32 Å². The molecular weight excluding hydrogens is 344 g/mol. The molecule has 2 aromatic rings. The molecule has 0 bridgehead atoms. The van der Waals surface area contributed by atoms with Crippen molar-refractivity contribution in [1.29, 1.82) is 0 Å². The fourth-order valence-electron chi connectivity index (χ4n) is 3.48. The smallest absolute Gasteiger partial charge is 0.308 e. The highest BCUT2D eigenvalue weighted by Gasteiger charge is 2.40. The maximum Gasteiger partial charge on any atom is 0.308 e. The molecule has 1 saturated heterocycles. The Bertz CT molecular complexity index is 823. The van der Waals surface area contributed by atoms with E-state index in [4.69, 9.17) is 0 Å². The van der Waals surface area contributed by atoms with Crippen molar-refractivity contribution in [2.45, 2.75) is 25.4 Å². The Hall–Kier alpha value is -3.15. The van der Waals surface area contributed by atoms with E-state index in [9.17, 15) is 19.5 Å². The highest BCUT2D eigenvalue weighted by Crippen LogP contribution is 2.28. The second-order valence-corrected chi connectivity index (χ2v) is 6.69. The van der Waals surface area contributed by atoms with Crippen LogP contribution in [0.25, 0.3) is 0 Å². The number of nitrogens with zero attached hydrogens (tertiary/aromatic N) is 1. The van der Waals surface area contributed by atoms with Crippen molar-refractivity contribution >= 4 is 17.8 Å². The van der Waals surface area contributed by atoms with Crippen LogP contribution < -0.4 is 5.32 Å². The fraction of sp³-hybridized carbons (Fsp3) is 0.286. The van der Waals surface area contributed by atoms with E-state index in [1.165, 1.54) is 0 Å². The summed E-state index contributed by atoms with van der Waals surface area (Å²) < 4.78 is 0. The predicted molar refractivity (Wildman–Crippen MR) is 100 cm³/mol. The van der Waals surface area contributed by atoms with Crippen molar-refractivity contribution in [3.05, 3.63) is 71.8 Å². The largest absolute Gasteiger partial charge is 0.481 e. The zero-order valence-corrected chi connectivity index (χ0v) is 15.0. The van der Waals surface area contributed by atoms with Gasteiger partial charge in [-0.05, 0) is 31.0 Å². The number of carbonyl (C=O) groups is 3. The number of hydrogen-bond acceptors (Lipinski definition) is 3. The summed E-state index contributed by atoms with van der Waals surface area (Å²) in [5.74, 6) is -2.13. The Morgan fingerprint density at radius 3 is 2.19 bits per heavy atom. The monoisotopic (exact) mass is 366 g/mol. The van der Waals surface area contributed by atoms with Crippen LogP contribution in [0, 0.1) is 5.92 Å². The quantitative estimate of drug-likeness (QED) is 0.851. The summed E-state index contributed by atoms with van der Waals surface area (Å²) in [5, 5.41) is 12.1. The summed E-state index contributed by atoms with van der Waals surface area (Å²) in [7, 11) is 0. The second kappa shape index (κ2) is 8.03. The number of rotatable bonds is 5. The molecule has 1 fully saturated rings. The predicted octanol–water partition coefficient (Wildman–Crippen LogP) is 2.48. The first-order valence-electron chi connectivity index (χ1n) is 8.93. The first kappa shape index (κ1) is 18.6.